The summed E-state index contributed by atoms with van der Waals surface area (Å²) in [4.78, 5) is 3.15. The number of fused-ring (bicyclic) bond motifs is 1. The van der Waals surface area contributed by atoms with Crippen molar-refractivity contribution < 1.29 is 43.0 Å². The smallest absolute Gasteiger partial charge is 0.187 e. The molecule has 12 heteroatoms. The average molecular weight is 724 g/mol. The molecule has 0 radical (unpaired) electrons. The van der Waals surface area contributed by atoms with Gasteiger partial charge < -0.3 is 43.0 Å². The summed E-state index contributed by atoms with van der Waals surface area (Å²) < 4.78 is 51.2. The maximum absolute atomic E-state index is 12.0. The van der Waals surface area contributed by atoms with E-state index in [2.05, 4.69) is 10.0 Å². The van der Waals surface area contributed by atoms with Gasteiger partial charge in [0.05, 0.1) is 45.2 Å². The molecule has 0 spiro atoms. The van der Waals surface area contributed by atoms with Crippen LogP contribution in [0.25, 0.3) is 10.4 Å². The van der Waals surface area contributed by atoms with Crippen LogP contribution in [0, 0.1) is 5.92 Å². The van der Waals surface area contributed by atoms with Gasteiger partial charge >= 0.3 is 0 Å². The van der Waals surface area contributed by atoms with E-state index in [9.17, 15) is 10.6 Å². The third-order valence-electron chi connectivity index (χ3n) is 9.80. The van der Waals surface area contributed by atoms with Crippen molar-refractivity contribution in [2.24, 2.45) is 11.0 Å². The molecule has 3 saturated heterocycles. The zero-order valence-electron chi connectivity index (χ0n) is 29.5. The van der Waals surface area contributed by atoms with Gasteiger partial charge in [-0.3, -0.25) is 0 Å². The summed E-state index contributed by atoms with van der Waals surface area (Å²) >= 11 is 0. The molecule has 3 fully saturated rings. The maximum Gasteiger partial charge on any atom is 0.187 e. The molecule has 0 amide bonds. The molecule has 3 heterocycles. The van der Waals surface area contributed by atoms with Crippen LogP contribution in [0.1, 0.15) is 35.5 Å². The number of aliphatic hydroxyl groups is 1. The van der Waals surface area contributed by atoms with E-state index in [1.54, 1.807) is 0 Å². The van der Waals surface area contributed by atoms with Gasteiger partial charge in [-0.15, -0.1) is 0 Å². The van der Waals surface area contributed by atoms with Gasteiger partial charge in [-0.2, -0.15) is 0 Å². The summed E-state index contributed by atoms with van der Waals surface area (Å²) in [5, 5.41) is 16.1. The summed E-state index contributed by atoms with van der Waals surface area (Å²) in [6.07, 6.45) is -7.55. The van der Waals surface area contributed by atoms with Crippen molar-refractivity contribution in [3.63, 3.8) is 0 Å². The minimum Gasteiger partial charge on any atom is -0.387 e. The minimum atomic E-state index is -1.14. The van der Waals surface area contributed by atoms with E-state index in [4.69, 9.17) is 37.9 Å². The van der Waals surface area contributed by atoms with E-state index in [-0.39, 0.29) is 26.4 Å². The van der Waals surface area contributed by atoms with Crippen molar-refractivity contribution in [3.05, 3.63) is 154 Å². The molecule has 53 heavy (non-hydrogen) atoms. The van der Waals surface area contributed by atoms with E-state index in [1.165, 1.54) is 0 Å². The number of nitrogens with zero attached hydrogens (tertiary/aromatic N) is 3. The second kappa shape index (κ2) is 18.2. The third-order valence-corrected chi connectivity index (χ3v) is 9.80. The largest absolute Gasteiger partial charge is 0.387 e. The van der Waals surface area contributed by atoms with Gasteiger partial charge in [-0.1, -0.05) is 133 Å². The lowest BCUT2D eigenvalue weighted by Crippen LogP contribution is -2.65. The van der Waals surface area contributed by atoms with Crippen molar-refractivity contribution >= 4 is 0 Å². The standard InChI is InChI=1S/C41H45N3O9/c1-27-34(43-44-42)40(48-24-30-18-10-4-11-19-30)50-32(25-46-22-28-14-6-2-7-15-28)36(27)52-41-38(47-23-29-16-8-3-9-17-29)35(45)37-33(51-41)26-49-39(53-37)31-20-12-5-13-21-31/h2-21,27,32-41,45H,22-26H2,1H3/t27-,32?,33?,34?,35+,36+,37-,38?,39?,40-,41+/m1/s1. The van der Waals surface area contributed by atoms with Crippen LogP contribution in [0.3, 0.4) is 0 Å². The quantitative estimate of drug-likeness (QED) is 0.0862. The van der Waals surface area contributed by atoms with Crippen molar-refractivity contribution in [3.8, 4) is 0 Å². The Hall–Kier alpha value is -4.17. The van der Waals surface area contributed by atoms with Gasteiger partial charge in [0.25, 0.3) is 0 Å². The SMILES string of the molecule is C[C@@H]1C(N=[N+]=[N-])[C@H](OCc2ccccc2)OC(COCc2ccccc2)[C@H]1O[C@@H]1OC2COC(c3ccccc3)O[C@H]2[C@H](O)C1OCc1ccccc1. The predicted molar refractivity (Wildman–Crippen MR) is 193 cm³/mol. The van der Waals surface area contributed by atoms with Gasteiger partial charge in [-0.05, 0) is 28.1 Å². The highest BCUT2D eigenvalue weighted by molar-refractivity contribution is 5.18. The second-order valence-corrected chi connectivity index (χ2v) is 13.5. The maximum atomic E-state index is 12.0. The van der Waals surface area contributed by atoms with Gasteiger partial charge in [-0.25, -0.2) is 0 Å². The highest BCUT2D eigenvalue weighted by Crippen LogP contribution is 2.39. The highest BCUT2D eigenvalue weighted by atomic mass is 16.8. The predicted octanol–water partition coefficient (Wildman–Crippen LogP) is 6.63. The first-order valence-electron chi connectivity index (χ1n) is 18.0. The molecular weight excluding hydrogens is 678 g/mol. The normalized spacial score (nSPS) is 31.2. The van der Waals surface area contributed by atoms with Crippen LogP contribution in [-0.2, 0) is 57.7 Å². The number of rotatable bonds is 14. The molecule has 3 aliphatic rings. The molecule has 4 aromatic carbocycles. The summed E-state index contributed by atoms with van der Waals surface area (Å²) in [6.45, 7) is 3.01. The Labute approximate surface area is 309 Å². The fraction of sp³-hybridized carbons (Fsp3) is 0.415. The summed E-state index contributed by atoms with van der Waals surface area (Å²) in [5.41, 5.74) is 13.3. The molecule has 0 bridgehead atoms. The average Bonchev–Trinajstić information content (AvgIpc) is 3.21. The molecule has 11 atom stereocenters. The lowest BCUT2D eigenvalue weighted by molar-refractivity contribution is -0.383. The summed E-state index contributed by atoms with van der Waals surface area (Å²) in [7, 11) is 0. The van der Waals surface area contributed by atoms with Crippen molar-refractivity contribution in [2.45, 2.75) is 88.3 Å². The summed E-state index contributed by atoms with van der Waals surface area (Å²) in [6, 6.07) is 38.0. The molecule has 3 aliphatic heterocycles. The van der Waals surface area contributed by atoms with Crippen LogP contribution in [0.2, 0.25) is 0 Å². The molecule has 0 saturated carbocycles. The molecular formula is C41H45N3O9. The van der Waals surface area contributed by atoms with E-state index in [1.807, 2.05) is 128 Å². The zero-order valence-corrected chi connectivity index (χ0v) is 29.5. The number of hydrogen-bond donors (Lipinski definition) is 1. The van der Waals surface area contributed by atoms with E-state index in [0.29, 0.717) is 6.61 Å². The van der Waals surface area contributed by atoms with Crippen LogP contribution in [-0.4, -0.2) is 73.6 Å². The Morgan fingerprint density at radius 3 is 1.92 bits per heavy atom. The van der Waals surface area contributed by atoms with E-state index >= 15 is 0 Å². The van der Waals surface area contributed by atoms with Gasteiger partial charge in [0.2, 0.25) is 0 Å². The fourth-order valence-electron chi connectivity index (χ4n) is 6.99. The first kappa shape index (κ1) is 37.2. The molecule has 7 rings (SSSR count). The van der Waals surface area contributed by atoms with Gasteiger partial charge in [0, 0.05) is 10.5 Å². The van der Waals surface area contributed by atoms with E-state index < -0.39 is 67.5 Å². The topological polar surface area (TPSA) is 143 Å². The molecule has 0 aliphatic carbocycles. The molecule has 1 N–H and O–H groups in total. The number of aliphatic hydroxyl groups excluding tert-OH is 1. The number of azide groups is 1. The van der Waals surface area contributed by atoms with Crippen LogP contribution >= 0.6 is 0 Å². The molecule has 5 unspecified atom stereocenters. The minimum absolute atomic E-state index is 0.139. The second-order valence-electron chi connectivity index (χ2n) is 13.5. The monoisotopic (exact) mass is 723 g/mol. The molecule has 4 aromatic rings. The van der Waals surface area contributed by atoms with Crippen LogP contribution in [0.15, 0.2) is 126 Å². The Balaban J connectivity index is 1.13. The zero-order chi connectivity index (χ0) is 36.4. The fourth-order valence-corrected chi connectivity index (χ4v) is 6.99. The first-order valence-corrected chi connectivity index (χ1v) is 18.0. The first-order chi connectivity index (χ1) is 26.1. The van der Waals surface area contributed by atoms with E-state index in [0.717, 1.165) is 22.3 Å². The molecule has 12 nitrogen and oxygen atoms in total. The number of hydrogen-bond acceptors (Lipinski definition) is 10. The molecule has 0 aromatic heterocycles. The Kier molecular flexibility index (Phi) is 12.8. The van der Waals surface area contributed by atoms with Gasteiger partial charge in [0.1, 0.15) is 30.5 Å². The van der Waals surface area contributed by atoms with Crippen molar-refractivity contribution in [1.82, 2.24) is 0 Å². The van der Waals surface area contributed by atoms with Crippen molar-refractivity contribution in [2.75, 3.05) is 13.2 Å². The lowest BCUT2D eigenvalue weighted by Gasteiger charge is -2.50. The van der Waals surface area contributed by atoms with Crippen LogP contribution in [0.5, 0.6) is 0 Å². The third kappa shape index (κ3) is 9.32. The molecule has 278 valence electrons. The Morgan fingerprint density at radius 2 is 1.30 bits per heavy atom. The number of ether oxygens (including phenoxy) is 8. The number of benzene rings is 4. The van der Waals surface area contributed by atoms with Crippen LogP contribution < -0.4 is 0 Å². The Bertz CT molecular complexity index is 1740. The van der Waals surface area contributed by atoms with Crippen LogP contribution in [0.4, 0.5) is 0 Å². The highest BCUT2D eigenvalue weighted by Gasteiger charge is 2.53. The Morgan fingerprint density at radius 1 is 0.717 bits per heavy atom. The summed E-state index contributed by atoms with van der Waals surface area (Å²) in [5.74, 6) is -0.430. The van der Waals surface area contributed by atoms with Gasteiger partial charge in [0.15, 0.2) is 18.9 Å². The lowest BCUT2D eigenvalue weighted by atomic mass is 9.88. The van der Waals surface area contributed by atoms with Crippen molar-refractivity contribution in [1.29, 1.82) is 0 Å².